The van der Waals surface area contributed by atoms with Crippen molar-refractivity contribution in [1.29, 1.82) is 5.26 Å². The monoisotopic (exact) mass is 305 g/mol. The second kappa shape index (κ2) is 5.21. The summed E-state index contributed by atoms with van der Waals surface area (Å²) < 4.78 is 0.882. The third kappa shape index (κ3) is 2.78. The maximum Gasteiger partial charge on any atom is 0.124 e. The first kappa shape index (κ1) is 12.0. The summed E-state index contributed by atoms with van der Waals surface area (Å²) in [6, 6.07) is 11.3. The topological polar surface area (TPSA) is 62.7 Å². The fourth-order valence-corrected chi connectivity index (χ4v) is 2.49. The molecule has 0 radical (unpaired) electrons. The highest BCUT2D eigenvalue weighted by Crippen LogP contribution is 2.33. The Kier molecular flexibility index (Phi) is 3.67. The Hall–Kier alpha value is -1.51. The van der Waals surface area contributed by atoms with Crippen LogP contribution in [0.3, 0.4) is 0 Å². The van der Waals surface area contributed by atoms with Gasteiger partial charge in [-0.3, -0.25) is 0 Å². The van der Waals surface area contributed by atoms with Gasteiger partial charge in [-0.2, -0.15) is 5.26 Å². The van der Waals surface area contributed by atoms with E-state index in [1.165, 1.54) is 11.8 Å². The van der Waals surface area contributed by atoms with E-state index in [2.05, 4.69) is 27.0 Å². The molecule has 2 aromatic rings. The van der Waals surface area contributed by atoms with Gasteiger partial charge in [0.25, 0.3) is 0 Å². The van der Waals surface area contributed by atoms with Gasteiger partial charge < -0.3 is 5.73 Å². The standard InChI is InChI=1S/C12H8BrN3S/c13-9-3-4-11(8(6-9)7-14)17-12-10(15)2-1-5-16-12/h1-6H,15H2. The zero-order valence-corrected chi connectivity index (χ0v) is 11.1. The maximum atomic E-state index is 9.05. The summed E-state index contributed by atoms with van der Waals surface area (Å²) >= 11 is 4.73. The van der Waals surface area contributed by atoms with E-state index in [4.69, 9.17) is 11.0 Å². The first-order chi connectivity index (χ1) is 8.20. The molecular weight excluding hydrogens is 298 g/mol. The molecule has 0 saturated heterocycles. The molecule has 0 unspecified atom stereocenters. The number of nitriles is 1. The van der Waals surface area contributed by atoms with Crippen LogP contribution in [-0.2, 0) is 0 Å². The second-order valence-corrected chi connectivity index (χ2v) is 5.20. The Labute approximate surface area is 112 Å². The van der Waals surface area contributed by atoms with Gasteiger partial charge in [-0.25, -0.2) is 4.98 Å². The lowest BCUT2D eigenvalue weighted by Gasteiger charge is -2.05. The summed E-state index contributed by atoms with van der Waals surface area (Å²) in [6.07, 6.45) is 1.68. The fraction of sp³-hybridized carbons (Fsp3) is 0. The minimum Gasteiger partial charge on any atom is -0.397 e. The number of pyridine rings is 1. The maximum absolute atomic E-state index is 9.05. The SMILES string of the molecule is N#Cc1cc(Br)ccc1Sc1ncccc1N. The van der Waals surface area contributed by atoms with Crippen molar-refractivity contribution in [3.05, 3.63) is 46.6 Å². The molecule has 1 heterocycles. The van der Waals surface area contributed by atoms with Crippen molar-refractivity contribution >= 4 is 33.4 Å². The molecular formula is C12H8BrN3S. The van der Waals surface area contributed by atoms with E-state index in [1.807, 2.05) is 12.1 Å². The number of aromatic nitrogens is 1. The van der Waals surface area contributed by atoms with Crippen LogP contribution in [0.1, 0.15) is 5.56 Å². The quantitative estimate of drug-likeness (QED) is 0.923. The molecule has 0 atom stereocenters. The van der Waals surface area contributed by atoms with Crippen molar-refractivity contribution in [2.45, 2.75) is 9.92 Å². The van der Waals surface area contributed by atoms with Gasteiger partial charge >= 0.3 is 0 Å². The van der Waals surface area contributed by atoms with Crippen LogP contribution in [0.2, 0.25) is 0 Å². The summed E-state index contributed by atoms with van der Waals surface area (Å²) in [5.41, 5.74) is 7.04. The second-order valence-electron chi connectivity index (χ2n) is 3.25. The molecule has 2 N–H and O–H groups in total. The number of hydrogen-bond acceptors (Lipinski definition) is 4. The van der Waals surface area contributed by atoms with Crippen molar-refractivity contribution in [2.75, 3.05) is 5.73 Å². The number of nitrogens with zero attached hydrogens (tertiary/aromatic N) is 2. The molecule has 0 bridgehead atoms. The predicted octanol–water partition coefficient (Wildman–Crippen LogP) is 3.45. The number of rotatable bonds is 2. The molecule has 1 aromatic carbocycles. The summed E-state index contributed by atoms with van der Waals surface area (Å²) in [5.74, 6) is 0. The number of halogens is 1. The van der Waals surface area contributed by atoms with E-state index in [9.17, 15) is 0 Å². The zero-order valence-electron chi connectivity index (χ0n) is 8.72. The number of benzene rings is 1. The molecule has 5 heteroatoms. The summed E-state index contributed by atoms with van der Waals surface area (Å²) in [5, 5.41) is 9.77. The van der Waals surface area contributed by atoms with Crippen LogP contribution < -0.4 is 5.73 Å². The van der Waals surface area contributed by atoms with Crippen LogP contribution in [0.4, 0.5) is 5.69 Å². The van der Waals surface area contributed by atoms with E-state index in [1.54, 1.807) is 24.4 Å². The number of hydrogen-bond donors (Lipinski definition) is 1. The molecule has 17 heavy (non-hydrogen) atoms. The molecule has 84 valence electrons. The Bertz CT molecular complexity index is 593. The smallest absolute Gasteiger partial charge is 0.124 e. The van der Waals surface area contributed by atoms with Gasteiger partial charge in [-0.15, -0.1) is 0 Å². The molecule has 0 saturated carbocycles. The van der Waals surface area contributed by atoms with E-state index in [0.717, 1.165) is 9.37 Å². The lowest BCUT2D eigenvalue weighted by Crippen LogP contribution is -1.91. The zero-order chi connectivity index (χ0) is 12.3. The van der Waals surface area contributed by atoms with Crippen molar-refractivity contribution in [3.63, 3.8) is 0 Å². The molecule has 0 fully saturated rings. The van der Waals surface area contributed by atoms with Crippen molar-refractivity contribution in [2.24, 2.45) is 0 Å². The molecule has 3 nitrogen and oxygen atoms in total. The Morgan fingerprint density at radius 3 is 2.88 bits per heavy atom. The van der Waals surface area contributed by atoms with E-state index in [0.29, 0.717) is 16.3 Å². The van der Waals surface area contributed by atoms with Gasteiger partial charge in [0.1, 0.15) is 11.1 Å². The average molecular weight is 306 g/mol. The molecule has 0 spiro atoms. The van der Waals surface area contributed by atoms with E-state index < -0.39 is 0 Å². The van der Waals surface area contributed by atoms with Crippen molar-refractivity contribution < 1.29 is 0 Å². The number of nitrogen functional groups attached to an aromatic ring is 1. The normalized spacial score (nSPS) is 9.88. The van der Waals surface area contributed by atoms with Crippen LogP contribution >= 0.6 is 27.7 Å². The fourth-order valence-electron chi connectivity index (χ4n) is 1.27. The highest BCUT2D eigenvalue weighted by atomic mass is 79.9. The first-order valence-electron chi connectivity index (χ1n) is 4.78. The van der Waals surface area contributed by atoms with Crippen LogP contribution in [0.25, 0.3) is 0 Å². The molecule has 0 aliphatic rings. The van der Waals surface area contributed by atoms with Crippen LogP contribution in [0.5, 0.6) is 0 Å². The van der Waals surface area contributed by atoms with Gasteiger partial charge in [-0.05, 0) is 30.3 Å². The van der Waals surface area contributed by atoms with Gasteiger partial charge in [0.2, 0.25) is 0 Å². The molecule has 1 aromatic heterocycles. The van der Waals surface area contributed by atoms with Gasteiger partial charge in [-0.1, -0.05) is 27.7 Å². The molecule has 0 aliphatic carbocycles. The minimum absolute atomic E-state index is 0.606. The summed E-state index contributed by atoms with van der Waals surface area (Å²) in [4.78, 5) is 5.04. The number of anilines is 1. The Balaban J connectivity index is 2.37. The van der Waals surface area contributed by atoms with Crippen molar-refractivity contribution in [1.82, 2.24) is 4.98 Å². The lowest BCUT2D eigenvalue weighted by atomic mass is 10.2. The molecule has 0 amide bonds. The van der Waals surface area contributed by atoms with Crippen molar-refractivity contribution in [3.8, 4) is 6.07 Å². The summed E-state index contributed by atoms with van der Waals surface area (Å²) in [6.45, 7) is 0. The highest BCUT2D eigenvalue weighted by molar-refractivity contribution is 9.10. The minimum atomic E-state index is 0.606. The molecule has 2 rings (SSSR count). The third-order valence-corrected chi connectivity index (χ3v) is 3.67. The van der Waals surface area contributed by atoms with Crippen LogP contribution in [0, 0.1) is 11.3 Å². The largest absolute Gasteiger partial charge is 0.397 e. The predicted molar refractivity (Wildman–Crippen MR) is 71.6 cm³/mol. The average Bonchev–Trinajstić information content (AvgIpc) is 2.34. The van der Waals surface area contributed by atoms with Gasteiger partial charge in [0, 0.05) is 15.6 Å². The third-order valence-electron chi connectivity index (χ3n) is 2.07. The molecule has 0 aliphatic heterocycles. The highest BCUT2D eigenvalue weighted by Gasteiger charge is 2.07. The lowest BCUT2D eigenvalue weighted by molar-refractivity contribution is 1.14. The first-order valence-corrected chi connectivity index (χ1v) is 6.39. The Morgan fingerprint density at radius 1 is 1.35 bits per heavy atom. The summed E-state index contributed by atoms with van der Waals surface area (Å²) in [7, 11) is 0. The van der Waals surface area contributed by atoms with E-state index >= 15 is 0 Å². The van der Waals surface area contributed by atoms with Gasteiger partial charge in [0.05, 0.1) is 11.3 Å². The van der Waals surface area contributed by atoms with Crippen LogP contribution in [-0.4, -0.2) is 4.98 Å². The van der Waals surface area contributed by atoms with Gasteiger partial charge in [0.15, 0.2) is 0 Å². The number of nitrogens with two attached hydrogens (primary N) is 1. The van der Waals surface area contributed by atoms with Crippen LogP contribution in [0.15, 0.2) is 50.9 Å². The Morgan fingerprint density at radius 2 is 2.18 bits per heavy atom. The van der Waals surface area contributed by atoms with E-state index in [-0.39, 0.29) is 0 Å².